The third-order valence-electron chi connectivity index (χ3n) is 3.75. The van der Waals surface area contributed by atoms with Gasteiger partial charge in [0.1, 0.15) is 12.4 Å². The van der Waals surface area contributed by atoms with E-state index in [2.05, 4.69) is 21.5 Å². The van der Waals surface area contributed by atoms with Crippen molar-refractivity contribution >= 4 is 15.8 Å². The van der Waals surface area contributed by atoms with E-state index in [4.69, 9.17) is 11.2 Å². The van der Waals surface area contributed by atoms with Crippen molar-refractivity contribution in [3.05, 3.63) is 29.8 Å². The van der Waals surface area contributed by atoms with Gasteiger partial charge < -0.3 is 15.4 Å². The van der Waals surface area contributed by atoms with Crippen LogP contribution in [0.5, 0.6) is 5.75 Å². The van der Waals surface area contributed by atoms with E-state index in [9.17, 15) is 8.42 Å². The van der Waals surface area contributed by atoms with E-state index < -0.39 is 9.84 Å². The maximum absolute atomic E-state index is 11.5. The van der Waals surface area contributed by atoms with Gasteiger partial charge in [0.25, 0.3) is 0 Å². The highest BCUT2D eigenvalue weighted by Gasteiger charge is 2.28. The van der Waals surface area contributed by atoms with E-state index >= 15 is 0 Å². The van der Waals surface area contributed by atoms with Crippen LogP contribution in [-0.2, 0) is 16.3 Å². The predicted octanol–water partition coefficient (Wildman–Crippen LogP) is 0.593. The molecule has 0 bridgehead atoms. The zero-order valence-corrected chi connectivity index (χ0v) is 14.6. The Morgan fingerprint density at radius 3 is 2.75 bits per heavy atom. The minimum absolute atomic E-state index is 0.0613. The molecule has 0 saturated carbocycles. The molecule has 0 radical (unpaired) electrons. The maximum atomic E-state index is 11.5. The maximum Gasteiger partial charge on any atom is 0.191 e. The Morgan fingerprint density at radius 2 is 2.17 bits per heavy atom. The van der Waals surface area contributed by atoms with E-state index in [1.807, 2.05) is 24.3 Å². The largest absolute Gasteiger partial charge is 0.481 e. The van der Waals surface area contributed by atoms with Gasteiger partial charge in [0.05, 0.1) is 11.5 Å². The number of sulfone groups is 1. The molecule has 1 saturated heterocycles. The van der Waals surface area contributed by atoms with Crippen molar-refractivity contribution in [2.24, 2.45) is 4.99 Å². The Bertz CT molecular complexity index is 706. The van der Waals surface area contributed by atoms with Crippen LogP contribution in [0.1, 0.15) is 12.0 Å². The summed E-state index contributed by atoms with van der Waals surface area (Å²) < 4.78 is 28.3. The van der Waals surface area contributed by atoms with Crippen LogP contribution in [0, 0.1) is 12.3 Å². The van der Waals surface area contributed by atoms with Crippen LogP contribution in [0.15, 0.2) is 29.3 Å². The number of terminal acetylenes is 1. The standard InChI is InChI=1S/C17H23N3O3S/c1-3-11-23-16-6-4-14(5-7-16)8-10-19-17(18-2)20-15-9-12-24(21,22)13-15/h1,4-7,15H,8-13H2,2H3,(H2,18,19,20). The molecule has 1 fully saturated rings. The molecule has 6 nitrogen and oxygen atoms in total. The first kappa shape index (κ1) is 18.1. The number of guanidine groups is 1. The number of rotatable bonds is 6. The van der Waals surface area contributed by atoms with Crippen molar-refractivity contribution in [3.8, 4) is 18.1 Å². The molecular formula is C17H23N3O3S. The van der Waals surface area contributed by atoms with E-state index in [1.54, 1.807) is 7.05 Å². The van der Waals surface area contributed by atoms with Crippen LogP contribution < -0.4 is 15.4 Å². The van der Waals surface area contributed by atoms with Gasteiger partial charge in [0, 0.05) is 19.6 Å². The lowest BCUT2D eigenvalue weighted by atomic mass is 10.1. The molecular weight excluding hydrogens is 326 g/mol. The van der Waals surface area contributed by atoms with Crippen LogP contribution in [0.3, 0.4) is 0 Å². The molecule has 24 heavy (non-hydrogen) atoms. The second-order valence-corrected chi connectivity index (χ2v) is 7.86. The molecule has 2 N–H and O–H groups in total. The van der Waals surface area contributed by atoms with Gasteiger partial charge in [0.15, 0.2) is 15.8 Å². The molecule has 130 valence electrons. The summed E-state index contributed by atoms with van der Waals surface area (Å²) in [5.74, 6) is 4.23. The third-order valence-corrected chi connectivity index (χ3v) is 5.52. The Hall–Kier alpha value is -2.20. The highest BCUT2D eigenvalue weighted by Crippen LogP contribution is 2.12. The Morgan fingerprint density at radius 1 is 1.42 bits per heavy atom. The lowest BCUT2D eigenvalue weighted by molar-refractivity contribution is 0.370. The summed E-state index contributed by atoms with van der Waals surface area (Å²) in [6.07, 6.45) is 6.60. The predicted molar refractivity (Wildman–Crippen MR) is 96.0 cm³/mol. The zero-order chi connectivity index (χ0) is 17.4. The average molecular weight is 349 g/mol. The van der Waals surface area contributed by atoms with Gasteiger partial charge in [-0.15, -0.1) is 6.42 Å². The molecule has 1 unspecified atom stereocenters. The van der Waals surface area contributed by atoms with Crippen molar-refractivity contribution < 1.29 is 13.2 Å². The summed E-state index contributed by atoms with van der Waals surface area (Å²) >= 11 is 0. The number of benzene rings is 1. The minimum Gasteiger partial charge on any atom is -0.481 e. The lowest BCUT2D eigenvalue weighted by Gasteiger charge is -2.16. The molecule has 1 heterocycles. The number of ether oxygens (including phenoxy) is 1. The Labute approximate surface area is 143 Å². The van der Waals surface area contributed by atoms with Crippen LogP contribution in [-0.4, -0.2) is 52.1 Å². The SMILES string of the molecule is C#CCOc1ccc(CCNC(=NC)NC2CCS(=O)(=O)C2)cc1. The van der Waals surface area contributed by atoms with E-state index in [0.29, 0.717) is 18.9 Å². The van der Waals surface area contributed by atoms with Gasteiger partial charge in [-0.1, -0.05) is 18.1 Å². The number of hydrogen-bond donors (Lipinski definition) is 2. The van der Waals surface area contributed by atoms with Crippen molar-refractivity contribution in [1.29, 1.82) is 0 Å². The van der Waals surface area contributed by atoms with Gasteiger partial charge >= 0.3 is 0 Å². The summed E-state index contributed by atoms with van der Waals surface area (Å²) in [5, 5.41) is 6.37. The minimum atomic E-state index is -2.89. The lowest BCUT2D eigenvalue weighted by Crippen LogP contribution is -2.44. The normalized spacial score (nSPS) is 19.5. The Kier molecular flexibility index (Phi) is 6.50. The molecule has 1 aromatic rings. The van der Waals surface area contributed by atoms with Gasteiger partial charge in [-0.05, 0) is 30.5 Å². The molecule has 1 aromatic carbocycles. The topological polar surface area (TPSA) is 79.8 Å². The van der Waals surface area contributed by atoms with Gasteiger partial charge in [-0.2, -0.15) is 0 Å². The van der Waals surface area contributed by atoms with E-state index in [-0.39, 0.29) is 24.2 Å². The fourth-order valence-electron chi connectivity index (χ4n) is 2.50. The van der Waals surface area contributed by atoms with Crippen molar-refractivity contribution in [2.75, 3.05) is 31.7 Å². The van der Waals surface area contributed by atoms with E-state index in [1.165, 1.54) is 0 Å². The first-order valence-corrected chi connectivity index (χ1v) is 9.67. The van der Waals surface area contributed by atoms with Crippen molar-refractivity contribution in [1.82, 2.24) is 10.6 Å². The number of nitrogens with zero attached hydrogens (tertiary/aromatic N) is 1. The molecule has 1 aliphatic heterocycles. The molecule has 7 heteroatoms. The summed E-state index contributed by atoms with van der Waals surface area (Å²) in [7, 11) is -1.22. The number of nitrogens with one attached hydrogen (secondary N) is 2. The van der Waals surface area contributed by atoms with E-state index in [0.717, 1.165) is 17.7 Å². The van der Waals surface area contributed by atoms with Gasteiger partial charge in [-0.3, -0.25) is 4.99 Å². The Balaban J connectivity index is 1.75. The van der Waals surface area contributed by atoms with Crippen LogP contribution in [0.2, 0.25) is 0 Å². The van der Waals surface area contributed by atoms with Gasteiger partial charge in [0.2, 0.25) is 0 Å². The summed E-state index contributed by atoms with van der Waals surface area (Å²) in [5.41, 5.74) is 1.16. The summed E-state index contributed by atoms with van der Waals surface area (Å²) in [6, 6.07) is 7.71. The second-order valence-electron chi connectivity index (χ2n) is 5.63. The molecule has 2 rings (SSSR count). The number of aliphatic imine (C=N–C) groups is 1. The average Bonchev–Trinajstić information content (AvgIpc) is 2.91. The van der Waals surface area contributed by atoms with Gasteiger partial charge in [-0.25, -0.2) is 8.42 Å². The molecule has 0 amide bonds. The third kappa shape index (κ3) is 5.78. The van der Waals surface area contributed by atoms with Crippen LogP contribution >= 0.6 is 0 Å². The van der Waals surface area contributed by atoms with Crippen LogP contribution in [0.25, 0.3) is 0 Å². The number of hydrogen-bond acceptors (Lipinski definition) is 4. The molecule has 1 atom stereocenters. The van der Waals surface area contributed by atoms with Crippen LogP contribution in [0.4, 0.5) is 0 Å². The highest BCUT2D eigenvalue weighted by molar-refractivity contribution is 7.91. The van der Waals surface area contributed by atoms with Crippen molar-refractivity contribution in [2.45, 2.75) is 18.9 Å². The zero-order valence-electron chi connectivity index (χ0n) is 13.8. The second kappa shape index (κ2) is 8.60. The highest BCUT2D eigenvalue weighted by atomic mass is 32.2. The fraction of sp³-hybridized carbons (Fsp3) is 0.471. The monoisotopic (exact) mass is 349 g/mol. The smallest absolute Gasteiger partial charge is 0.191 e. The summed E-state index contributed by atoms with van der Waals surface area (Å²) in [6.45, 7) is 0.962. The quantitative estimate of drug-likeness (QED) is 0.446. The van der Waals surface area contributed by atoms with Crippen molar-refractivity contribution in [3.63, 3.8) is 0 Å². The summed E-state index contributed by atoms with van der Waals surface area (Å²) in [4.78, 5) is 4.14. The fourth-order valence-corrected chi connectivity index (χ4v) is 4.17. The first-order valence-electron chi connectivity index (χ1n) is 7.85. The molecule has 0 aliphatic carbocycles. The molecule has 1 aliphatic rings. The first-order chi connectivity index (χ1) is 11.5. The molecule has 0 spiro atoms. The molecule has 0 aromatic heterocycles.